The third-order valence-corrected chi connectivity index (χ3v) is 5.47. The van der Waals surface area contributed by atoms with Crippen LogP contribution in [0.1, 0.15) is 38.1 Å². The number of piperidine rings is 1. The number of amides is 1. The Bertz CT molecular complexity index is 835. The van der Waals surface area contributed by atoms with Gasteiger partial charge in [0.05, 0.1) is 11.7 Å². The number of carbonyl (C=O) groups excluding carboxylic acids is 1. The Hall–Kier alpha value is -2.47. The van der Waals surface area contributed by atoms with Crippen LogP contribution in [0.5, 0.6) is 0 Å². The van der Waals surface area contributed by atoms with E-state index in [2.05, 4.69) is 5.10 Å². The van der Waals surface area contributed by atoms with Crippen molar-refractivity contribution in [2.45, 2.75) is 44.2 Å². The molecule has 142 valence electrons. The number of aromatic nitrogens is 2. The third kappa shape index (κ3) is 3.95. The van der Waals surface area contributed by atoms with Gasteiger partial charge in [-0.2, -0.15) is 5.10 Å². The molecule has 0 aliphatic carbocycles. The molecule has 1 unspecified atom stereocenters. The van der Waals surface area contributed by atoms with Gasteiger partial charge in [0.2, 0.25) is 0 Å². The Kier molecular flexibility index (Phi) is 5.34. The Balaban J connectivity index is 1.45. The maximum absolute atomic E-state index is 12.6. The zero-order valence-electron chi connectivity index (χ0n) is 15.4. The molecule has 0 saturated carbocycles. The summed E-state index contributed by atoms with van der Waals surface area (Å²) >= 11 is 0. The highest BCUT2D eigenvalue weighted by atomic mass is 16.5. The first kappa shape index (κ1) is 17.9. The number of carbonyl (C=O) groups is 1. The van der Waals surface area contributed by atoms with Crippen molar-refractivity contribution in [1.82, 2.24) is 14.7 Å². The van der Waals surface area contributed by atoms with Crippen LogP contribution < -0.4 is 5.56 Å². The predicted molar refractivity (Wildman–Crippen MR) is 102 cm³/mol. The second kappa shape index (κ2) is 8.05. The van der Waals surface area contributed by atoms with Gasteiger partial charge in [0, 0.05) is 31.3 Å². The molecule has 1 aromatic heterocycles. The van der Waals surface area contributed by atoms with E-state index in [0.29, 0.717) is 19.7 Å². The summed E-state index contributed by atoms with van der Waals surface area (Å²) in [5.74, 6) is 0.103. The predicted octanol–water partition coefficient (Wildman–Crippen LogP) is 2.64. The molecule has 0 bridgehead atoms. The lowest BCUT2D eigenvalue weighted by Crippen LogP contribution is -2.46. The van der Waals surface area contributed by atoms with Crippen LogP contribution in [-0.4, -0.2) is 46.4 Å². The monoisotopic (exact) mass is 367 g/mol. The topological polar surface area (TPSA) is 64.4 Å². The van der Waals surface area contributed by atoms with Crippen molar-refractivity contribution in [2.75, 3.05) is 19.7 Å². The Morgan fingerprint density at radius 2 is 1.78 bits per heavy atom. The molecule has 27 heavy (non-hydrogen) atoms. The van der Waals surface area contributed by atoms with Crippen LogP contribution in [0, 0.1) is 0 Å². The minimum absolute atomic E-state index is 0.0255. The molecular weight excluding hydrogens is 342 g/mol. The number of nitrogens with zero attached hydrogens (tertiary/aromatic N) is 3. The normalized spacial score (nSPS) is 21.2. The summed E-state index contributed by atoms with van der Waals surface area (Å²) in [7, 11) is 0. The fraction of sp³-hybridized carbons (Fsp3) is 0.476. The SMILES string of the molecule is O=C(C1CCCCO1)N1CCC(n2nc(-c3ccccc3)ccc2=O)CC1. The molecule has 3 heterocycles. The van der Waals surface area contributed by atoms with Gasteiger partial charge in [-0.1, -0.05) is 30.3 Å². The van der Waals surface area contributed by atoms with E-state index in [1.807, 2.05) is 35.2 Å². The lowest BCUT2D eigenvalue weighted by atomic mass is 10.0. The van der Waals surface area contributed by atoms with Crippen LogP contribution in [0.15, 0.2) is 47.3 Å². The Morgan fingerprint density at radius 1 is 1.00 bits per heavy atom. The van der Waals surface area contributed by atoms with Crippen LogP contribution in [0.4, 0.5) is 0 Å². The molecule has 0 N–H and O–H groups in total. The number of hydrogen-bond acceptors (Lipinski definition) is 4. The van der Waals surface area contributed by atoms with Crippen LogP contribution >= 0.6 is 0 Å². The van der Waals surface area contributed by atoms with Gasteiger partial charge in [0.25, 0.3) is 11.5 Å². The summed E-state index contributed by atoms with van der Waals surface area (Å²) < 4.78 is 7.23. The van der Waals surface area contributed by atoms with Crippen LogP contribution in [0.2, 0.25) is 0 Å². The van der Waals surface area contributed by atoms with Crippen molar-refractivity contribution in [3.8, 4) is 11.3 Å². The van der Waals surface area contributed by atoms with E-state index in [9.17, 15) is 9.59 Å². The maximum atomic E-state index is 12.6. The molecule has 2 aliphatic rings. The van der Waals surface area contributed by atoms with Gasteiger partial charge in [-0.15, -0.1) is 0 Å². The highest BCUT2D eigenvalue weighted by molar-refractivity contribution is 5.81. The van der Waals surface area contributed by atoms with E-state index in [1.165, 1.54) is 0 Å². The highest BCUT2D eigenvalue weighted by Crippen LogP contribution is 2.24. The van der Waals surface area contributed by atoms with Gasteiger partial charge in [-0.3, -0.25) is 9.59 Å². The fourth-order valence-electron chi connectivity index (χ4n) is 3.92. The number of benzene rings is 1. The van der Waals surface area contributed by atoms with Gasteiger partial charge >= 0.3 is 0 Å². The zero-order chi connectivity index (χ0) is 18.6. The van der Waals surface area contributed by atoms with Gasteiger partial charge < -0.3 is 9.64 Å². The maximum Gasteiger partial charge on any atom is 0.267 e. The molecule has 2 aliphatic heterocycles. The number of ether oxygens (including phenoxy) is 1. The number of rotatable bonds is 3. The molecule has 0 spiro atoms. The molecule has 6 heteroatoms. The molecule has 1 atom stereocenters. The Labute approximate surface area is 158 Å². The highest BCUT2D eigenvalue weighted by Gasteiger charge is 2.30. The Morgan fingerprint density at radius 3 is 2.48 bits per heavy atom. The minimum atomic E-state index is -0.280. The molecule has 0 radical (unpaired) electrons. The molecule has 2 fully saturated rings. The quantitative estimate of drug-likeness (QED) is 0.837. The van der Waals surface area contributed by atoms with E-state index in [1.54, 1.807) is 16.8 Å². The minimum Gasteiger partial charge on any atom is -0.368 e. The molecule has 4 rings (SSSR count). The van der Waals surface area contributed by atoms with Gasteiger partial charge in [-0.25, -0.2) is 4.68 Å². The van der Waals surface area contributed by atoms with Crippen molar-refractivity contribution < 1.29 is 9.53 Å². The van der Waals surface area contributed by atoms with Gasteiger partial charge in [0.1, 0.15) is 6.10 Å². The van der Waals surface area contributed by atoms with Gasteiger partial charge in [0.15, 0.2) is 0 Å². The van der Waals surface area contributed by atoms with E-state index < -0.39 is 0 Å². The number of likely N-dealkylation sites (tertiary alicyclic amines) is 1. The van der Waals surface area contributed by atoms with E-state index in [4.69, 9.17) is 4.74 Å². The molecule has 6 nitrogen and oxygen atoms in total. The summed E-state index contributed by atoms with van der Waals surface area (Å²) in [6.45, 7) is 1.97. The molecule has 1 aromatic carbocycles. The van der Waals surface area contributed by atoms with Crippen LogP contribution in [0.25, 0.3) is 11.3 Å². The lowest BCUT2D eigenvalue weighted by molar-refractivity contribution is -0.147. The third-order valence-electron chi connectivity index (χ3n) is 5.47. The van der Waals surface area contributed by atoms with E-state index in [-0.39, 0.29) is 23.6 Å². The standard InChI is InChI=1S/C21H25N3O3/c25-20-10-9-18(16-6-2-1-3-7-16)22-24(20)17-11-13-23(14-12-17)21(26)19-8-4-5-15-27-19/h1-3,6-7,9-10,17,19H,4-5,8,11-15H2. The van der Waals surface area contributed by atoms with Crippen LogP contribution in [0.3, 0.4) is 0 Å². The summed E-state index contributed by atoms with van der Waals surface area (Å²) in [6.07, 6.45) is 4.11. The molecule has 2 saturated heterocycles. The summed E-state index contributed by atoms with van der Waals surface area (Å²) in [4.78, 5) is 26.9. The van der Waals surface area contributed by atoms with E-state index >= 15 is 0 Å². The van der Waals surface area contributed by atoms with Crippen molar-refractivity contribution in [1.29, 1.82) is 0 Å². The second-order valence-corrected chi connectivity index (χ2v) is 7.28. The van der Waals surface area contributed by atoms with E-state index in [0.717, 1.165) is 43.4 Å². The summed E-state index contributed by atoms with van der Waals surface area (Å²) in [5, 5.41) is 4.60. The molecule has 2 aromatic rings. The first-order valence-electron chi connectivity index (χ1n) is 9.78. The van der Waals surface area contributed by atoms with Gasteiger partial charge in [-0.05, 0) is 38.2 Å². The van der Waals surface area contributed by atoms with Crippen molar-refractivity contribution in [2.24, 2.45) is 0 Å². The van der Waals surface area contributed by atoms with Crippen LogP contribution in [-0.2, 0) is 9.53 Å². The largest absolute Gasteiger partial charge is 0.368 e. The molecule has 1 amide bonds. The second-order valence-electron chi connectivity index (χ2n) is 7.28. The summed E-state index contributed by atoms with van der Waals surface area (Å²) in [5.41, 5.74) is 1.70. The zero-order valence-corrected chi connectivity index (χ0v) is 15.4. The average molecular weight is 367 g/mol. The fourth-order valence-corrected chi connectivity index (χ4v) is 3.92. The average Bonchev–Trinajstić information content (AvgIpc) is 2.75. The van der Waals surface area contributed by atoms with Crippen molar-refractivity contribution >= 4 is 5.91 Å². The van der Waals surface area contributed by atoms with Crippen molar-refractivity contribution in [3.63, 3.8) is 0 Å². The van der Waals surface area contributed by atoms with Crippen molar-refractivity contribution in [3.05, 3.63) is 52.8 Å². The smallest absolute Gasteiger partial charge is 0.267 e. The lowest BCUT2D eigenvalue weighted by Gasteiger charge is -2.35. The first-order valence-corrected chi connectivity index (χ1v) is 9.78. The first-order chi connectivity index (χ1) is 13.2. The summed E-state index contributed by atoms with van der Waals surface area (Å²) in [6, 6.07) is 13.2. The number of hydrogen-bond donors (Lipinski definition) is 0. The molecular formula is C21H25N3O3.